The third kappa shape index (κ3) is 3.23. The molecule has 0 N–H and O–H groups in total. The van der Waals surface area contributed by atoms with E-state index >= 15 is 0 Å². The minimum absolute atomic E-state index is 0.0131. The number of non-ortho nitro benzene ring substituents is 1. The largest absolute Gasteiger partial charge is 0.456 e. The highest BCUT2D eigenvalue weighted by Crippen LogP contribution is 2.34. The molecule has 0 aliphatic heterocycles. The summed E-state index contributed by atoms with van der Waals surface area (Å²) in [5, 5.41) is 10.6. The summed E-state index contributed by atoms with van der Waals surface area (Å²) in [6.45, 7) is 0. The number of nitro benzene ring substituents is 1. The first kappa shape index (κ1) is 14.7. The molecule has 0 spiro atoms. The summed E-state index contributed by atoms with van der Waals surface area (Å²) in [4.78, 5) is 21.0. The van der Waals surface area contributed by atoms with E-state index in [1.807, 2.05) is 0 Å². The first-order chi connectivity index (χ1) is 9.51. The molecule has 2 aromatic rings. The van der Waals surface area contributed by atoms with Gasteiger partial charge >= 0.3 is 0 Å². The molecule has 0 amide bonds. The lowest BCUT2D eigenvalue weighted by Crippen LogP contribution is -1.91. The predicted octanol–water partition coefficient (Wildman–Crippen LogP) is 4.72. The Labute approximate surface area is 131 Å². The molecule has 20 heavy (non-hydrogen) atoms. The van der Waals surface area contributed by atoms with E-state index in [1.54, 1.807) is 12.1 Å². The van der Waals surface area contributed by atoms with E-state index in [0.717, 1.165) is 0 Å². The van der Waals surface area contributed by atoms with Crippen molar-refractivity contribution in [2.45, 2.75) is 0 Å². The molecule has 0 unspecified atom stereocenters. The van der Waals surface area contributed by atoms with Gasteiger partial charge in [-0.1, -0.05) is 15.9 Å². The van der Waals surface area contributed by atoms with Gasteiger partial charge in [-0.3, -0.25) is 14.9 Å². The van der Waals surface area contributed by atoms with E-state index in [1.165, 1.54) is 24.3 Å². The van der Waals surface area contributed by atoms with Crippen molar-refractivity contribution in [3.05, 3.63) is 61.0 Å². The van der Waals surface area contributed by atoms with Crippen molar-refractivity contribution in [2.24, 2.45) is 0 Å². The van der Waals surface area contributed by atoms with Crippen LogP contribution in [0.4, 0.5) is 5.69 Å². The average Bonchev–Trinajstić information content (AvgIpc) is 2.42. The van der Waals surface area contributed by atoms with Gasteiger partial charge in [0.2, 0.25) is 0 Å². The second kappa shape index (κ2) is 6.15. The van der Waals surface area contributed by atoms with Crippen molar-refractivity contribution in [2.75, 3.05) is 0 Å². The fourth-order valence-electron chi connectivity index (χ4n) is 1.48. The Bertz CT molecular complexity index is 671. The lowest BCUT2D eigenvalue weighted by molar-refractivity contribution is -0.384. The number of nitrogens with zero attached hydrogens (tertiary/aromatic N) is 1. The second-order valence-electron chi connectivity index (χ2n) is 3.78. The molecule has 0 aromatic heterocycles. The summed E-state index contributed by atoms with van der Waals surface area (Å²) in [6, 6.07) is 8.96. The first-order valence-electron chi connectivity index (χ1n) is 5.38. The van der Waals surface area contributed by atoms with Crippen molar-refractivity contribution in [1.82, 2.24) is 0 Å². The van der Waals surface area contributed by atoms with E-state index in [4.69, 9.17) is 4.74 Å². The maximum absolute atomic E-state index is 10.9. The Morgan fingerprint density at radius 1 is 1.10 bits per heavy atom. The Morgan fingerprint density at radius 3 is 2.30 bits per heavy atom. The number of hydrogen-bond donors (Lipinski definition) is 0. The number of benzene rings is 2. The lowest BCUT2D eigenvalue weighted by Gasteiger charge is -2.09. The molecule has 7 heteroatoms. The third-order valence-corrected chi connectivity index (χ3v) is 3.76. The van der Waals surface area contributed by atoms with Gasteiger partial charge in [0.1, 0.15) is 11.5 Å². The summed E-state index contributed by atoms with van der Waals surface area (Å²) in [5.41, 5.74) is 0.436. The third-order valence-electron chi connectivity index (χ3n) is 2.45. The minimum Gasteiger partial charge on any atom is -0.456 e. The van der Waals surface area contributed by atoms with Gasteiger partial charge in [-0.2, -0.15) is 0 Å². The monoisotopic (exact) mass is 399 g/mol. The van der Waals surface area contributed by atoms with E-state index in [-0.39, 0.29) is 5.69 Å². The van der Waals surface area contributed by atoms with Crippen LogP contribution in [0, 0.1) is 10.1 Å². The molecule has 0 saturated carbocycles. The number of hydrogen-bond acceptors (Lipinski definition) is 4. The maximum atomic E-state index is 10.9. The van der Waals surface area contributed by atoms with Gasteiger partial charge in [-0.05, 0) is 40.2 Å². The fourth-order valence-corrected chi connectivity index (χ4v) is 2.64. The molecular formula is C13H7Br2NO4. The number of nitro groups is 1. The van der Waals surface area contributed by atoms with Crippen molar-refractivity contribution in [3.63, 3.8) is 0 Å². The van der Waals surface area contributed by atoms with E-state index in [0.29, 0.717) is 32.3 Å². The Morgan fingerprint density at radius 2 is 1.75 bits per heavy atom. The highest BCUT2D eigenvalue weighted by molar-refractivity contribution is 9.11. The quantitative estimate of drug-likeness (QED) is 0.422. The number of carbonyl (C=O) groups is 1. The van der Waals surface area contributed by atoms with Crippen molar-refractivity contribution < 1.29 is 14.5 Å². The summed E-state index contributed by atoms with van der Waals surface area (Å²) in [5.74, 6) is 0.889. The maximum Gasteiger partial charge on any atom is 0.269 e. The van der Waals surface area contributed by atoms with Crippen LogP contribution >= 0.6 is 31.9 Å². The van der Waals surface area contributed by atoms with Gasteiger partial charge in [-0.15, -0.1) is 0 Å². The summed E-state index contributed by atoms with van der Waals surface area (Å²) in [6.07, 6.45) is 0.708. The average molecular weight is 401 g/mol. The van der Waals surface area contributed by atoms with Crippen LogP contribution < -0.4 is 4.74 Å². The van der Waals surface area contributed by atoms with Crippen LogP contribution in [0.2, 0.25) is 0 Å². The number of ether oxygens (including phenoxy) is 1. The predicted molar refractivity (Wildman–Crippen MR) is 80.4 cm³/mol. The molecule has 0 fully saturated rings. The van der Waals surface area contributed by atoms with Gasteiger partial charge in [0.25, 0.3) is 5.69 Å². The summed E-state index contributed by atoms with van der Waals surface area (Å²) < 4.78 is 6.90. The van der Waals surface area contributed by atoms with Crippen molar-refractivity contribution in [3.8, 4) is 11.5 Å². The minimum atomic E-state index is -0.482. The molecule has 0 saturated heterocycles. The number of carbonyl (C=O) groups excluding carboxylic acids is 1. The second-order valence-corrected chi connectivity index (χ2v) is 5.48. The lowest BCUT2D eigenvalue weighted by atomic mass is 10.2. The zero-order chi connectivity index (χ0) is 14.7. The highest BCUT2D eigenvalue weighted by Gasteiger charge is 2.10. The molecule has 0 aliphatic rings. The molecule has 0 aliphatic carbocycles. The molecule has 0 atom stereocenters. The molecular weight excluding hydrogens is 394 g/mol. The number of rotatable bonds is 4. The van der Waals surface area contributed by atoms with Crippen LogP contribution in [-0.2, 0) is 0 Å². The van der Waals surface area contributed by atoms with Crippen LogP contribution in [0.1, 0.15) is 10.4 Å². The molecule has 0 radical (unpaired) electrons. The number of halogens is 2. The molecule has 0 heterocycles. The normalized spacial score (nSPS) is 10.1. The molecule has 2 rings (SSSR count). The molecule has 102 valence electrons. The summed E-state index contributed by atoms with van der Waals surface area (Å²) in [7, 11) is 0. The number of aldehydes is 1. The van der Waals surface area contributed by atoms with Gasteiger partial charge in [0, 0.05) is 22.2 Å². The van der Waals surface area contributed by atoms with Crippen LogP contribution in [0.25, 0.3) is 0 Å². The SMILES string of the molecule is O=Cc1cc(Oc2ccc([N+](=O)[O-])cc2)c(Br)cc1Br. The van der Waals surface area contributed by atoms with Crippen molar-refractivity contribution >= 4 is 43.8 Å². The van der Waals surface area contributed by atoms with Gasteiger partial charge in [-0.25, -0.2) is 0 Å². The Kier molecular flexibility index (Phi) is 4.51. The molecule has 2 aromatic carbocycles. The van der Waals surface area contributed by atoms with Crippen LogP contribution in [0.3, 0.4) is 0 Å². The van der Waals surface area contributed by atoms with Crippen LogP contribution in [-0.4, -0.2) is 11.2 Å². The Balaban J connectivity index is 2.29. The van der Waals surface area contributed by atoms with Gasteiger partial charge in [0.05, 0.1) is 9.40 Å². The Hall–Kier alpha value is -1.73. The standard InChI is InChI=1S/C13H7Br2NO4/c14-11-6-12(15)13(5-8(11)7-17)20-10-3-1-9(2-4-10)16(18)19/h1-7H. The zero-order valence-electron chi connectivity index (χ0n) is 9.88. The van der Waals surface area contributed by atoms with Crippen molar-refractivity contribution in [1.29, 1.82) is 0 Å². The zero-order valence-corrected chi connectivity index (χ0v) is 13.0. The fraction of sp³-hybridized carbons (Fsp3) is 0. The van der Waals surface area contributed by atoms with Gasteiger partial charge in [0.15, 0.2) is 6.29 Å². The van der Waals surface area contributed by atoms with E-state index < -0.39 is 4.92 Å². The van der Waals surface area contributed by atoms with E-state index in [9.17, 15) is 14.9 Å². The highest BCUT2D eigenvalue weighted by atomic mass is 79.9. The summed E-state index contributed by atoms with van der Waals surface area (Å²) >= 11 is 6.59. The van der Waals surface area contributed by atoms with Crippen LogP contribution in [0.15, 0.2) is 45.3 Å². The smallest absolute Gasteiger partial charge is 0.269 e. The van der Waals surface area contributed by atoms with Crippen LogP contribution in [0.5, 0.6) is 11.5 Å². The molecule has 0 bridgehead atoms. The molecule has 5 nitrogen and oxygen atoms in total. The topological polar surface area (TPSA) is 69.4 Å². The van der Waals surface area contributed by atoms with Gasteiger partial charge < -0.3 is 4.74 Å². The first-order valence-corrected chi connectivity index (χ1v) is 6.96. The van der Waals surface area contributed by atoms with E-state index in [2.05, 4.69) is 31.9 Å².